The number of sulfonamides is 1. The number of piperidine rings is 1. The van der Waals surface area contributed by atoms with Crippen LogP contribution in [-0.4, -0.2) is 50.7 Å². The Morgan fingerprint density at radius 3 is 2.41 bits per heavy atom. The van der Waals surface area contributed by atoms with Gasteiger partial charge in [-0.2, -0.15) is 4.31 Å². The lowest BCUT2D eigenvalue weighted by Crippen LogP contribution is -2.46. The van der Waals surface area contributed by atoms with Crippen LogP contribution in [0.15, 0.2) is 53.4 Å². The lowest BCUT2D eigenvalue weighted by Gasteiger charge is -2.31. The van der Waals surface area contributed by atoms with Gasteiger partial charge in [-0.3, -0.25) is 9.59 Å². The summed E-state index contributed by atoms with van der Waals surface area (Å²) in [5, 5.41) is 3.23. The Bertz CT molecular complexity index is 1100. The second-order valence-corrected chi connectivity index (χ2v) is 10.5. The predicted molar refractivity (Wildman–Crippen MR) is 123 cm³/mol. The van der Waals surface area contributed by atoms with Crippen molar-refractivity contribution in [2.45, 2.75) is 30.6 Å². The third-order valence-corrected chi connectivity index (χ3v) is 8.27. The molecule has 2 aromatic carbocycles. The molecule has 0 spiro atoms. The van der Waals surface area contributed by atoms with Crippen LogP contribution >= 0.6 is 11.6 Å². The Morgan fingerprint density at radius 2 is 1.69 bits per heavy atom. The zero-order chi connectivity index (χ0) is 22.7. The molecule has 170 valence electrons. The van der Waals surface area contributed by atoms with Crippen molar-refractivity contribution < 1.29 is 18.0 Å². The summed E-state index contributed by atoms with van der Waals surface area (Å²) in [4.78, 5) is 27.3. The highest BCUT2D eigenvalue weighted by Crippen LogP contribution is 2.27. The number of benzene rings is 2. The van der Waals surface area contributed by atoms with Gasteiger partial charge in [0.2, 0.25) is 21.8 Å². The zero-order valence-corrected chi connectivity index (χ0v) is 19.2. The summed E-state index contributed by atoms with van der Waals surface area (Å²) >= 11 is 5.85. The van der Waals surface area contributed by atoms with E-state index in [1.54, 1.807) is 17.0 Å². The number of hydrogen-bond acceptors (Lipinski definition) is 4. The second kappa shape index (κ2) is 9.60. The molecule has 2 aliphatic heterocycles. The summed E-state index contributed by atoms with van der Waals surface area (Å²) in [6.45, 7) is 1.11. The van der Waals surface area contributed by atoms with Gasteiger partial charge in [0.15, 0.2) is 0 Å². The first-order chi connectivity index (χ1) is 15.4. The molecule has 32 heavy (non-hydrogen) atoms. The Kier molecular flexibility index (Phi) is 6.83. The van der Waals surface area contributed by atoms with Gasteiger partial charge >= 0.3 is 0 Å². The number of carbonyl (C=O) groups excluding carboxylic acids is 2. The molecule has 2 amide bonds. The molecular formula is C23H26ClN3O4S. The van der Waals surface area contributed by atoms with Crippen LogP contribution in [-0.2, 0) is 26.0 Å². The van der Waals surface area contributed by atoms with Crippen LogP contribution in [0.3, 0.4) is 0 Å². The number of fused-ring (bicyclic) bond motifs is 1. The van der Waals surface area contributed by atoms with Crippen LogP contribution in [0.2, 0.25) is 5.02 Å². The van der Waals surface area contributed by atoms with Crippen LogP contribution < -0.4 is 10.2 Å². The highest BCUT2D eigenvalue weighted by molar-refractivity contribution is 7.89. The number of amides is 2. The fraction of sp³-hybridized carbons (Fsp3) is 0.391. The quantitative estimate of drug-likeness (QED) is 0.720. The summed E-state index contributed by atoms with van der Waals surface area (Å²) < 4.78 is 27.0. The largest absolute Gasteiger partial charge is 0.347 e. The minimum absolute atomic E-state index is 0.0591. The van der Waals surface area contributed by atoms with E-state index in [1.807, 2.05) is 24.3 Å². The van der Waals surface area contributed by atoms with E-state index in [1.165, 1.54) is 16.4 Å². The number of hydrogen-bond donors (Lipinski definition) is 1. The maximum absolute atomic E-state index is 12.8. The molecule has 1 N–H and O–H groups in total. The summed E-state index contributed by atoms with van der Waals surface area (Å²) in [6.07, 6.45) is 2.68. The van der Waals surface area contributed by atoms with Crippen molar-refractivity contribution in [1.82, 2.24) is 9.62 Å². The number of anilines is 1. The van der Waals surface area contributed by atoms with E-state index < -0.39 is 10.0 Å². The molecule has 1 fully saturated rings. The van der Waals surface area contributed by atoms with Gasteiger partial charge in [-0.25, -0.2) is 8.42 Å². The lowest BCUT2D eigenvalue weighted by atomic mass is 9.97. The van der Waals surface area contributed by atoms with Crippen LogP contribution in [0.25, 0.3) is 0 Å². The monoisotopic (exact) mass is 475 g/mol. The normalized spacial score (nSPS) is 17.6. The van der Waals surface area contributed by atoms with E-state index in [9.17, 15) is 18.0 Å². The number of aryl methyl sites for hydroxylation is 1. The number of carbonyl (C=O) groups is 2. The zero-order valence-electron chi connectivity index (χ0n) is 17.7. The average Bonchev–Trinajstić information content (AvgIpc) is 2.82. The van der Waals surface area contributed by atoms with E-state index >= 15 is 0 Å². The number of para-hydroxylation sites is 1. The molecule has 0 saturated carbocycles. The summed E-state index contributed by atoms with van der Waals surface area (Å²) in [7, 11) is -3.61. The molecule has 7 nitrogen and oxygen atoms in total. The number of rotatable bonds is 5. The first kappa shape index (κ1) is 22.8. The Balaban J connectivity index is 1.30. The van der Waals surface area contributed by atoms with Crippen LogP contribution in [0.4, 0.5) is 5.69 Å². The van der Waals surface area contributed by atoms with E-state index in [2.05, 4.69) is 5.32 Å². The van der Waals surface area contributed by atoms with Crippen molar-refractivity contribution in [3.8, 4) is 0 Å². The van der Waals surface area contributed by atoms with E-state index in [0.717, 1.165) is 24.1 Å². The van der Waals surface area contributed by atoms with Crippen molar-refractivity contribution in [1.29, 1.82) is 0 Å². The van der Waals surface area contributed by atoms with E-state index in [-0.39, 0.29) is 42.3 Å². The van der Waals surface area contributed by atoms with Crippen molar-refractivity contribution in [2.24, 2.45) is 5.92 Å². The number of halogens is 1. The molecule has 2 heterocycles. The molecule has 4 rings (SSSR count). The number of nitrogens with one attached hydrogen (secondary N) is 1. The van der Waals surface area contributed by atoms with Gasteiger partial charge < -0.3 is 10.2 Å². The fourth-order valence-electron chi connectivity index (χ4n) is 4.31. The molecule has 0 aliphatic carbocycles. The van der Waals surface area contributed by atoms with Gasteiger partial charge in [-0.1, -0.05) is 29.8 Å². The number of nitrogens with zero attached hydrogens (tertiary/aromatic N) is 2. The first-order valence-electron chi connectivity index (χ1n) is 10.8. The minimum Gasteiger partial charge on any atom is -0.347 e. The molecule has 2 aromatic rings. The maximum Gasteiger partial charge on any atom is 0.246 e. The SMILES string of the molecule is O=C(NCC(=O)N1CCCc2ccccc21)C1CCN(S(=O)(=O)c2ccc(Cl)cc2)CC1. The van der Waals surface area contributed by atoms with Gasteiger partial charge in [0.1, 0.15) is 0 Å². The van der Waals surface area contributed by atoms with Crippen molar-refractivity contribution in [2.75, 3.05) is 31.1 Å². The third-order valence-electron chi connectivity index (χ3n) is 6.10. The molecule has 0 aromatic heterocycles. The molecule has 0 atom stereocenters. The fourth-order valence-corrected chi connectivity index (χ4v) is 5.90. The minimum atomic E-state index is -3.61. The van der Waals surface area contributed by atoms with E-state index in [0.29, 0.717) is 24.4 Å². The molecule has 0 radical (unpaired) electrons. The van der Waals surface area contributed by atoms with Crippen molar-refractivity contribution in [3.63, 3.8) is 0 Å². The Morgan fingerprint density at radius 1 is 1.00 bits per heavy atom. The highest BCUT2D eigenvalue weighted by Gasteiger charge is 2.32. The molecule has 0 unspecified atom stereocenters. The first-order valence-corrected chi connectivity index (χ1v) is 12.6. The second-order valence-electron chi connectivity index (χ2n) is 8.13. The highest BCUT2D eigenvalue weighted by atomic mass is 35.5. The van der Waals surface area contributed by atoms with E-state index in [4.69, 9.17) is 11.6 Å². The summed E-state index contributed by atoms with van der Waals surface area (Å²) in [6, 6.07) is 13.9. The molecule has 1 saturated heterocycles. The topological polar surface area (TPSA) is 86.8 Å². The Hall–Kier alpha value is -2.42. The van der Waals surface area contributed by atoms with Gasteiger partial charge in [-0.15, -0.1) is 0 Å². The Labute approximate surface area is 193 Å². The van der Waals surface area contributed by atoms with Gasteiger partial charge in [0.25, 0.3) is 0 Å². The molecular weight excluding hydrogens is 450 g/mol. The summed E-state index contributed by atoms with van der Waals surface area (Å²) in [5.41, 5.74) is 2.06. The van der Waals surface area contributed by atoms with Crippen LogP contribution in [0, 0.1) is 5.92 Å². The van der Waals surface area contributed by atoms with Gasteiger partial charge in [0.05, 0.1) is 11.4 Å². The predicted octanol–water partition coefficient (Wildman–Crippen LogP) is 2.84. The molecule has 9 heteroatoms. The molecule has 2 aliphatic rings. The van der Waals surface area contributed by atoms with Gasteiger partial charge in [0, 0.05) is 36.3 Å². The standard InChI is InChI=1S/C23H26ClN3O4S/c24-19-7-9-20(10-8-19)32(30,31)26-14-11-18(12-15-26)23(29)25-16-22(28)27-13-3-5-17-4-1-2-6-21(17)27/h1-2,4,6-10,18H,3,5,11-16H2,(H,25,29). The van der Waals surface area contributed by atoms with Crippen LogP contribution in [0.5, 0.6) is 0 Å². The molecule has 0 bridgehead atoms. The maximum atomic E-state index is 12.8. The van der Waals surface area contributed by atoms with Gasteiger partial charge in [-0.05, 0) is 61.6 Å². The smallest absolute Gasteiger partial charge is 0.246 e. The van der Waals surface area contributed by atoms with Crippen molar-refractivity contribution >= 4 is 39.1 Å². The van der Waals surface area contributed by atoms with Crippen molar-refractivity contribution in [3.05, 3.63) is 59.1 Å². The van der Waals surface area contributed by atoms with Crippen LogP contribution in [0.1, 0.15) is 24.8 Å². The lowest BCUT2D eigenvalue weighted by molar-refractivity contribution is -0.128. The third kappa shape index (κ3) is 4.82. The average molecular weight is 476 g/mol. The summed E-state index contributed by atoms with van der Waals surface area (Å²) in [5.74, 6) is -0.645.